The summed E-state index contributed by atoms with van der Waals surface area (Å²) in [6.07, 6.45) is 3.10. The van der Waals surface area contributed by atoms with E-state index in [1.165, 1.54) is 17.2 Å². The first-order valence-electron chi connectivity index (χ1n) is 11.8. The molecular weight excluding hydrogens is 421 g/mol. The van der Waals surface area contributed by atoms with Crippen LogP contribution in [0.1, 0.15) is 50.3 Å². The van der Waals surface area contributed by atoms with Gasteiger partial charge in [-0.05, 0) is 81.2 Å². The van der Waals surface area contributed by atoms with Crippen LogP contribution in [0.3, 0.4) is 0 Å². The Hall–Kier alpha value is -2.44. The molecule has 0 heterocycles. The molecule has 0 aliphatic heterocycles. The molecule has 180 valence electrons. The second-order valence-electron chi connectivity index (χ2n) is 9.55. The molecule has 0 saturated heterocycles. The van der Waals surface area contributed by atoms with Crippen LogP contribution in [0.5, 0.6) is 5.75 Å². The van der Waals surface area contributed by atoms with Gasteiger partial charge in [0.2, 0.25) is 0 Å². The highest BCUT2D eigenvalue weighted by Crippen LogP contribution is 2.31. The van der Waals surface area contributed by atoms with Gasteiger partial charge in [0.25, 0.3) is 0 Å². The van der Waals surface area contributed by atoms with Crippen molar-refractivity contribution in [2.45, 2.75) is 64.5 Å². The number of hydrogen-bond acceptors (Lipinski definition) is 5. The number of aryl methyl sites for hydroxylation is 1. The lowest BCUT2D eigenvalue weighted by atomic mass is 9.88. The number of fused-ring (bicyclic) bond motifs is 1. The maximum atomic E-state index is 14.1. The second kappa shape index (κ2) is 11.6. The molecule has 1 aliphatic carbocycles. The highest BCUT2D eigenvalue weighted by atomic mass is 19.1. The first-order valence-corrected chi connectivity index (χ1v) is 11.8. The van der Waals surface area contributed by atoms with Gasteiger partial charge >= 0.3 is 5.97 Å². The largest absolute Gasteiger partial charge is 0.488 e. The summed E-state index contributed by atoms with van der Waals surface area (Å²) < 4.78 is 24.6. The van der Waals surface area contributed by atoms with E-state index in [1.54, 1.807) is 19.1 Å². The van der Waals surface area contributed by atoms with Crippen LogP contribution in [0.2, 0.25) is 0 Å². The molecule has 1 aliphatic rings. The molecule has 0 fully saturated rings. The Balaban J connectivity index is 1.43. The van der Waals surface area contributed by atoms with Gasteiger partial charge in [-0.1, -0.05) is 30.3 Å². The number of carbonyl (C=O) groups excluding carboxylic acids is 1. The molecule has 0 bridgehead atoms. The molecule has 33 heavy (non-hydrogen) atoms. The zero-order valence-corrected chi connectivity index (χ0v) is 19.9. The third-order valence-electron chi connectivity index (χ3n) is 6.10. The minimum absolute atomic E-state index is 0.0177. The number of hydrogen-bond donors (Lipinski definition) is 2. The van der Waals surface area contributed by atoms with E-state index in [-0.39, 0.29) is 30.3 Å². The van der Waals surface area contributed by atoms with Gasteiger partial charge in [-0.2, -0.15) is 0 Å². The van der Waals surface area contributed by atoms with E-state index >= 15 is 0 Å². The molecule has 2 aromatic rings. The first kappa shape index (κ1) is 25.2. The van der Waals surface area contributed by atoms with Crippen LogP contribution >= 0.6 is 0 Å². The lowest BCUT2D eigenvalue weighted by molar-refractivity contribution is -0.143. The summed E-state index contributed by atoms with van der Waals surface area (Å²) >= 11 is 0. The van der Waals surface area contributed by atoms with Crippen molar-refractivity contribution >= 4 is 5.97 Å². The van der Waals surface area contributed by atoms with Gasteiger partial charge in [0.15, 0.2) is 11.6 Å². The summed E-state index contributed by atoms with van der Waals surface area (Å²) in [4.78, 5) is 11.5. The van der Waals surface area contributed by atoms with Crippen molar-refractivity contribution in [2.24, 2.45) is 5.92 Å². The Morgan fingerprint density at radius 2 is 1.91 bits per heavy atom. The Kier molecular flexibility index (Phi) is 8.87. The predicted octanol–water partition coefficient (Wildman–Crippen LogP) is 4.23. The van der Waals surface area contributed by atoms with Gasteiger partial charge in [-0.25, -0.2) is 4.39 Å². The fraction of sp³-hybridized carbons (Fsp3) is 0.519. The second-order valence-corrected chi connectivity index (χ2v) is 9.55. The number of aliphatic hydroxyl groups excluding tert-OH is 1. The van der Waals surface area contributed by atoms with Crippen molar-refractivity contribution < 1.29 is 23.8 Å². The molecular formula is C27H36FNO4. The Labute approximate surface area is 196 Å². The summed E-state index contributed by atoms with van der Waals surface area (Å²) in [5.74, 6) is -0.103. The van der Waals surface area contributed by atoms with E-state index in [4.69, 9.17) is 9.47 Å². The smallest absolute Gasteiger partial charge is 0.306 e. The van der Waals surface area contributed by atoms with Crippen LogP contribution in [0.4, 0.5) is 4.39 Å². The third kappa shape index (κ3) is 7.83. The van der Waals surface area contributed by atoms with E-state index in [1.807, 2.05) is 0 Å². The highest BCUT2D eigenvalue weighted by Gasteiger charge is 2.28. The van der Waals surface area contributed by atoms with Crippen LogP contribution in [-0.2, 0) is 28.8 Å². The number of esters is 1. The maximum Gasteiger partial charge on any atom is 0.306 e. The molecule has 0 spiro atoms. The number of halogens is 1. The third-order valence-corrected chi connectivity index (χ3v) is 6.10. The van der Waals surface area contributed by atoms with Crippen LogP contribution in [0.25, 0.3) is 0 Å². The molecule has 0 amide bonds. The van der Waals surface area contributed by atoms with E-state index in [0.29, 0.717) is 25.5 Å². The van der Waals surface area contributed by atoms with Crippen LogP contribution in [0, 0.1) is 11.7 Å². The van der Waals surface area contributed by atoms with Gasteiger partial charge in [-0.15, -0.1) is 0 Å². The summed E-state index contributed by atoms with van der Waals surface area (Å²) in [5.41, 5.74) is 3.54. The molecule has 0 radical (unpaired) electrons. The first-order chi connectivity index (χ1) is 15.8. The van der Waals surface area contributed by atoms with E-state index < -0.39 is 11.9 Å². The van der Waals surface area contributed by atoms with Gasteiger partial charge in [0, 0.05) is 18.5 Å². The fourth-order valence-corrected chi connectivity index (χ4v) is 4.52. The topological polar surface area (TPSA) is 67.8 Å². The molecule has 1 atom stereocenters. The van der Waals surface area contributed by atoms with Crippen LogP contribution in [0.15, 0.2) is 42.5 Å². The van der Waals surface area contributed by atoms with Crippen molar-refractivity contribution in [3.05, 3.63) is 65.0 Å². The van der Waals surface area contributed by atoms with Crippen molar-refractivity contribution in [1.29, 1.82) is 0 Å². The lowest BCUT2D eigenvalue weighted by Gasteiger charge is -2.30. The van der Waals surface area contributed by atoms with Crippen molar-refractivity contribution in [2.75, 3.05) is 19.8 Å². The number of nitrogens with one attached hydrogen (secondary N) is 1. The molecule has 3 rings (SSSR count). The molecule has 2 aromatic carbocycles. The van der Waals surface area contributed by atoms with Crippen LogP contribution < -0.4 is 10.1 Å². The fourth-order valence-electron chi connectivity index (χ4n) is 4.52. The van der Waals surface area contributed by atoms with Crippen molar-refractivity contribution in [3.63, 3.8) is 0 Å². The zero-order valence-electron chi connectivity index (χ0n) is 19.9. The molecule has 6 heteroatoms. The number of ether oxygens (including phenoxy) is 2. The summed E-state index contributed by atoms with van der Waals surface area (Å²) in [7, 11) is 0. The average Bonchev–Trinajstić information content (AvgIpc) is 3.18. The molecule has 0 aromatic heterocycles. The Morgan fingerprint density at radius 3 is 2.58 bits per heavy atom. The highest BCUT2D eigenvalue weighted by molar-refractivity contribution is 5.69. The number of carbonyl (C=O) groups is 1. The van der Waals surface area contributed by atoms with E-state index in [9.17, 15) is 14.3 Å². The predicted molar refractivity (Wildman–Crippen MR) is 127 cm³/mol. The molecule has 0 saturated carbocycles. The Bertz CT molecular complexity index is 905. The normalized spacial score (nSPS) is 14.7. The van der Waals surface area contributed by atoms with Gasteiger partial charge in [0.05, 0.1) is 6.61 Å². The van der Waals surface area contributed by atoms with E-state index in [0.717, 1.165) is 24.8 Å². The van der Waals surface area contributed by atoms with E-state index in [2.05, 4.69) is 43.4 Å². The van der Waals surface area contributed by atoms with Crippen LogP contribution in [-0.4, -0.2) is 42.5 Å². The Morgan fingerprint density at radius 1 is 1.21 bits per heavy atom. The summed E-state index contributed by atoms with van der Waals surface area (Å²) in [6, 6.07) is 13.1. The SMILES string of the molecule is CCOC(=O)CCc1ccc(F)c(OC[C@@H](O)CNC(C)(C)CC2Cc3ccccc3C2)c1. The van der Waals surface area contributed by atoms with Crippen molar-refractivity contribution in [3.8, 4) is 5.75 Å². The maximum absolute atomic E-state index is 14.1. The number of rotatable bonds is 12. The minimum atomic E-state index is -0.771. The summed E-state index contributed by atoms with van der Waals surface area (Å²) in [6.45, 7) is 6.74. The van der Waals surface area contributed by atoms with Gasteiger partial charge in [0.1, 0.15) is 12.7 Å². The minimum Gasteiger partial charge on any atom is -0.488 e. The average molecular weight is 458 g/mol. The summed E-state index contributed by atoms with van der Waals surface area (Å²) in [5, 5.41) is 13.8. The monoisotopic (exact) mass is 457 g/mol. The molecule has 5 nitrogen and oxygen atoms in total. The molecule has 0 unspecified atom stereocenters. The quantitative estimate of drug-likeness (QED) is 0.467. The zero-order chi connectivity index (χ0) is 23.8. The van der Waals surface area contributed by atoms with Crippen molar-refractivity contribution in [1.82, 2.24) is 5.32 Å². The number of benzene rings is 2. The standard InChI is InChI=1S/C27H36FNO4/c1-4-32-26(31)12-10-19-9-11-24(28)25(15-19)33-18-23(30)17-29-27(2,3)16-20-13-21-7-5-6-8-22(21)14-20/h5-9,11,15,20,23,29-30H,4,10,12-14,16-18H2,1-3H3/t23-/m0/s1. The molecule has 2 N–H and O–H groups in total. The number of aliphatic hydroxyl groups is 1. The number of β-amino-alcohol motifs (C(OH)–C–C–N with tert-alkyl or cyclic N) is 1. The van der Waals surface area contributed by atoms with Gasteiger partial charge in [-0.3, -0.25) is 4.79 Å². The lowest BCUT2D eigenvalue weighted by Crippen LogP contribution is -2.46. The van der Waals surface area contributed by atoms with Gasteiger partial charge < -0.3 is 19.9 Å².